The van der Waals surface area contributed by atoms with E-state index in [-0.39, 0.29) is 12.5 Å². The highest BCUT2D eigenvalue weighted by molar-refractivity contribution is 5.81. The fourth-order valence-electron chi connectivity index (χ4n) is 1.22. The van der Waals surface area contributed by atoms with Gasteiger partial charge in [0, 0.05) is 24.0 Å². The number of hydrogen-bond donors (Lipinski definition) is 3. The Hall–Kier alpha value is -1.78. The summed E-state index contributed by atoms with van der Waals surface area (Å²) in [5, 5.41) is 5.79. The summed E-state index contributed by atoms with van der Waals surface area (Å²) in [6, 6.07) is 3.80. The Morgan fingerprint density at radius 2 is 2.40 bits per heavy atom. The van der Waals surface area contributed by atoms with Gasteiger partial charge in [-0.3, -0.25) is 4.79 Å². The second kappa shape index (κ2) is 4.16. The first-order chi connectivity index (χ1) is 7.24. The molecule has 1 heterocycles. The molecule has 0 unspecified atom stereocenters. The number of carbonyl (C=O) groups excluding carboxylic acids is 1. The molecule has 1 aromatic heterocycles. The van der Waals surface area contributed by atoms with E-state index in [1.807, 2.05) is 0 Å². The molecule has 0 saturated heterocycles. The highest BCUT2D eigenvalue weighted by Gasteiger charge is 2.22. The number of aromatic nitrogens is 1. The number of nitrogens with one attached hydrogen (secondary N) is 2. The lowest BCUT2D eigenvalue weighted by atomic mass is 10.4. The zero-order valence-corrected chi connectivity index (χ0v) is 8.36. The number of anilines is 2. The summed E-state index contributed by atoms with van der Waals surface area (Å²) in [5.74, 6) is 0.627. The smallest absolute Gasteiger partial charge is 0.239 e. The second-order valence-corrected chi connectivity index (χ2v) is 3.67. The van der Waals surface area contributed by atoms with E-state index in [1.54, 1.807) is 18.3 Å². The predicted molar refractivity (Wildman–Crippen MR) is 58.3 cm³/mol. The molecular formula is C10H14N4O. The number of nitrogens with two attached hydrogens (primary N) is 1. The minimum atomic E-state index is 0.00160. The van der Waals surface area contributed by atoms with Crippen molar-refractivity contribution in [2.24, 2.45) is 0 Å². The van der Waals surface area contributed by atoms with Gasteiger partial charge in [-0.05, 0) is 18.9 Å². The number of carbonyl (C=O) groups is 1. The van der Waals surface area contributed by atoms with Crippen molar-refractivity contribution in [3.63, 3.8) is 0 Å². The molecule has 5 heteroatoms. The molecule has 2 rings (SSSR count). The summed E-state index contributed by atoms with van der Waals surface area (Å²) in [7, 11) is 0. The molecule has 1 saturated carbocycles. The van der Waals surface area contributed by atoms with Crippen molar-refractivity contribution in [3.05, 3.63) is 18.3 Å². The lowest BCUT2D eigenvalue weighted by Gasteiger charge is -2.06. The van der Waals surface area contributed by atoms with E-state index in [9.17, 15) is 4.79 Å². The van der Waals surface area contributed by atoms with E-state index < -0.39 is 0 Å². The van der Waals surface area contributed by atoms with Gasteiger partial charge in [0.2, 0.25) is 5.91 Å². The lowest BCUT2D eigenvalue weighted by Crippen LogP contribution is -2.31. The van der Waals surface area contributed by atoms with Gasteiger partial charge in [-0.1, -0.05) is 0 Å². The first-order valence-electron chi connectivity index (χ1n) is 4.99. The summed E-state index contributed by atoms with van der Waals surface area (Å²) in [5.41, 5.74) is 6.21. The number of pyridine rings is 1. The molecule has 4 N–H and O–H groups in total. The maximum Gasteiger partial charge on any atom is 0.239 e. The molecule has 0 aromatic carbocycles. The van der Waals surface area contributed by atoms with Crippen LogP contribution < -0.4 is 16.4 Å². The van der Waals surface area contributed by atoms with E-state index in [1.165, 1.54) is 0 Å². The van der Waals surface area contributed by atoms with E-state index in [0.29, 0.717) is 17.5 Å². The average molecular weight is 206 g/mol. The summed E-state index contributed by atoms with van der Waals surface area (Å²) in [6.07, 6.45) is 3.81. The molecule has 80 valence electrons. The molecule has 0 spiro atoms. The third-order valence-corrected chi connectivity index (χ3v) is 2.16. The van der Waals surface area contributed by atoms with Gasteiger partial charge in [0.15, 0.2) is 0 Å². The molecule has 1 aromatic rings. The van der Waals surface area contributed by atoms with Crippen molar-refractivity contribution >= 4 is 17.4 Å². The van der Waals surface area contributed by atoms with Crippen molar-refractivity contribution in [2.75, 3.05) is 17.6 Å². The van der Waals surface area contributed by atoms with Gasteiger partial charge in [0.1, 0.15) is 5.82 Å². The van der Waals surface area contributed by atoms with Crippen LogP contribution in [0.1, 0.15) is 12.8 Å². The molecule has 0 atom stereocenters. The van der Waals surface area contributed by atoms with Crippen molar-refractivity contribution in [3.8, 4) is 0 Å². The maximum atomic E-state index is 11.3. The number of nitrogen functional groups attached to an aromatic ring is 1. The molecule has 1 aliphatic rings. The average Bonchev–Trinajstić information content (AvgIpc) is 2.99. The number of amides is 1. The first kappa shape index (κ1) is 9.76. The Bertz CT molecular complexity index is 362. The Labute approximate surface area is 88.1 Å². The third kappa shape index (κ3) is 3.12. The standard InChI is InChI=1S/C10H14N4O/c11-7-3-4-12-9(5-7)13-6-10(15)14-8-1-2-8/h3-5,8H,1-2,6H2,(H,14,15)(H3,11,12,13). The summed E-state index contributed by atoms with van der Waals surface area (Å²) in [6.45, 7) is 0.243. The van der Waals surface area contributed by atoms with Gasteiger partial charge in [0.05, 0.1) is 6.54 Å². The van der Waals surface area contributed by atoms with E-state index in [0.717, 1.165) is 12.8 Å². The Kier molecular flexibility index (Phi) is 2.71. The predicted octanol–water partition coefficient (Wildman–Crippen LogP) is 0.354. The summed E-state index contributed by atoms with van der Waals surface area (Å²) < 4.78 is 0. The second-order valence-electron chi connectivity index (χ2n) is 3.67. The normalized spacial score (nSPS) is 14.7. The van der Waals surface area contributed by atoms with Crippen LogP contribution in [-0.2, 0) is 4.79 Å². The van der Waals surface area contributed by atoms with Crippen molar-refractivity contribution in [2.45, 2.75) is 18.9 Å². The van der Waals surface area contributed by atoms with Crippen LogP contribution in [0.4, 0.5) is 11.5 Å². The third-order valence-electron chi connectivity index (χ3n) is 2.16. The van der Waals surface area contributed by atoms with E-state index in [4.69, 9.17) is 5.73 Å². The fraction of sp³-hybridized carbons (Fsp3) is 0.400. The Morgan fingerprint density at radius 3 is 3.07 bits per heavy atom. The number of rotatable bonds is 4. The van der Waals surface area contributed by atoms with Gasteiger partial charge in [-0.15, -0.1) is 0 Å². The SMILES string of the molecule is Nc1ccnc(NCC(=O)NC2CC2)c1. The van der Waals surface area contributed by atoms with Gasteiger partial charge in [-0.2, -0.15) is 0 Å². The van der Waals surface area contributed by atoms with Gasteiger partial charge < -0.3 is 16.4 Å². The van der Waals surface area contributed by atoms with Crippen molar-refractivity contribution in [1.82, 2.24) is 10.3 Å². The molecule has 0 radical (unpaired) electrons. The lowest BCUT2D eigenvalue weighted by molar-refractivity contribution is -0.119. The molecule has 15 heavy (non-hydrogen) atoms. The van der Waals surface area contributed by atoms with Crippen LogP contribution in [-0.4, -0.2) is 23.5 Å². The Balaban J connectivity index is 1.78. The zero-order chi connectivity index (χ0) is 10.7. The van der Waals surface area contributed by atoms with Crippen molar-refractivity contribution < 1.29 is 4.79 Å². The molecule has 5 nitrogen and oxygen atoms in total. The van der Waals surface area contributed by atoms with Crippen LogP contribution in [0.5, 0.6) is 0 Å². The quantitative estimate of drug-likeness (QED) is 0.664. The van der Waals surface area contributed by atoms with Gasteiger partial charge in [0.25, 0.3) is 0 Å². The first-order valence-corrected chi connectivity index (χ1v) is 4.99. The topological polar surface area (TPSA) is 80.0 Å². The summed E-state index contributed by atoms with van der Waals surface area (Å²) >= 11 is 0. The largest absolute Gasteiger partial charge is 0.399 e. The minimum absolute atomic E-state index is 0.00160. The monoisotopic (exact) mass is 206 g/mol. The maximum absolute atomic E-state index is 11.3. The van der Waals surface area contributed by atoms with Crippen LogP contribution in [0.25, 0.3) is 0 Å². The van der Waals surface area contributed by atoms with Crippen LogP contribution in [0.3, 0.4) is 0 Å². The van der Waals surface area contributed by atoms with E-state index in [2.05, 4.69) is 15.6 Å². The van der Waals surface area contributed by atoms with Gasteiger partial charge in [-0.25, -0.2) is 4.98 Å². The summed E-state index contributed by atoms with van der Waals surface area (Å²) in [4.78, 5) is 15.4. The molecular weight excluding hydrogens is 192 g/mol. The Morgan fingerprint density at radius 1 is 1.60 bits per heavy atom. The number of hydrogen-bond acceptors (Lipinski definition) is 4. The van der Waals surface area contributed by atoms with Crippen LogP contribution in [0.2, 0.25) is 0 Å². The molecule has 1 aliphatic carbocycles. The number of nitrogens with zero attached hydrogens (tertiary/aromatic N) is 1. The van der Waals surface area contributed by atoms with Crippen LogP contribution in [0, 0.1) is 0 Å². The fourth-order valence-corrected chi connectivity index (χ4v) is 1.22. The highest BCUT2D eigenvalue weighted by atomic mass is 16.2. The van der Waals surface area contributed by atoms with Crippen LogP contribution >= 0.6 is 0 Å². The zero-order valence-electron chi connectivity index (χ0n) is 8.36. The molecule has 1 fully saturated rings. The molecule has 0 bridgehead atoms. The van der Waals surface area contributed by atoms with Gasteiger partial charge >= 0.3 is 0 Å². The van der Waals surface area contributed by atoms with Crippen molar-refractivity contribution in [1.29, 1.82) is 0 Å². The molecule has 1 amide bonds. The van der Waals surface area contributed by atoms with E-state index >= 15 is 0 Å². The highest BCUT2D eigenvalue weighted by Crippen LogP contribution is 2.18. The van der Waals surface area contributed by atoms with Crippen LogP contribution in [0.15, 0.2) is 18.3 Å². The minimum Gasteiger partial charge on any atom is -0.399 e. The molecule has 0 aliphatic heterocycles.